The molecule has 15 nitrogen and oxygen atoms in total. The van der Waals surface area contributed by atoms with E-state index in [1.165, 1.54) is 0 Å². The van der Waals surface area contributed by atoms with Crippen molar-refractivity contribution in [1.29, 1.82) is 0 Å². The monoisotopic (exact) mass is 725 g/mol. The quantitative estimate of drug-likeness (QED) is 0.116. The molecule has 0 unspecified atom stereocenters. The number of amides is 2. The maximum absolute atomic E-state index is 13.7. The van der Waals surface area contributed by atoms with Crippen molar-refractivity contribution in [1.82, 2.24) is 30.6 Å². The van der Waals surface area contributed by atoms with Gasteiger partial charge in [0.25, 0.3) is 5.91 Å². The topological polar surface area (TPSA) is 229 Å². The molecule has 1 fully saturated rings. The third-order valence-electron chi connectivity index (χ3n) is 9.04. The van der Waals surface area contributed by atoms with E-state index >= 15 is 0 Å². The summed E-state index contributed by atoms with van der Waals surface area (Å²) in [5.41, 5.74) is 15.1. The van der Waals surface area contributed by atoms with Gasteiger partial charge in [-0.3, -0.25) is 14.4 Å². The Bertz CT molecular complexity index is 1960. The predicted octanol–water partition coefficient (Wildman–Crippen LogP) is 3.91. The molecule has 1 aliphatic rings. The van der Waals surface area contributed by atoms with Crippen LogP contribution in [0.25, 0.3) is 11.2 Å². The van der Waals surface area contributed by atoms with E-state index in [9.17, 15) is 24.3 Å². The van der Waals surface area contributed by atoms with Crippen molar-refractivity contribution in [2.24, 2.45) is 0 Å². The molecule has 15 heteroatoms. The highest BCUT2D eigenvalue weighted by molar-refractivity contribution is 5.98. The number of rotatable bonds is 14. The molecule has 1 aliphatic carbocycles. The van der Waals surface area contributed by atoms with Crippen molar-refractivity contribution in [3.63, 3.8) is 0 Å². The maximum atomic E-state index is 13.7. The summed E-state index contributed by atoms with van der Waals surface area (Å²) in [4.78, 5) is 71.0. The second kappa shape index (κ2) is 16.7. The fourth-order valence-corrected chi connectivity index (χ4v) is 6.47. The van der Waals surface area contributed by atoms with Crippen molar-refractivity contribution in [3.05, 3.63) is 77.1 Å². The molecule has 7 N–H and O–H groups in total. The normalized spacial score (nSPS) is 14.3. The number of nitrogen functional groups attached to an aromatic ring is 2. The Labute approximate surface area is 307 Å². The van der Waals surface area contributed by atoms with Gasteiger partial charge in [-0.1, -0.05) is 37.1 Å². The number of carbonyl (C=O) groups is 4. The molecule has 2 heterocycles. The van der Waals surface area contributed by atoms with Crippen LogP contribution in [-0.2, 0) is 32.1 Å². The Morgan fingerprint density at radius 2 is 1.66 bits per heavy atom. The molecule has 0 saturated heterocycles. The highest BCUT2D eigenvalue weighted by atomic mass is 16.6. The minimum Gasteiger partial charge on any atom is -0.480 e. The number of benzene rings is 2. The van der Waals surface area contributed by atoms with Gasteiger partial charge >= 0.3 is 11.9 Å². The van der Waals surface area contributed by atoms with E-state index in [0.29, 0.717) is 23.7 Å². The van der Waals surface area contributed by atoms with Gasteiger partial charge in [0.1, 0.15) is 17.7 Å². The lowest BCUT2D eigenvalue weighted by Crippen LogP contribution is -2.52. The summed E-state index contributed by atoms with van der Waals surface area (Å²) in [5.74, 6) is -2.55. The number of hydrogen-bond donors (Lipinski definition) is 5. The predicted molar refractivity (Wildman–Crippen MR) is 200 cm³/mol. The number of aliphatic carboxylic acids is 1. The van der Waals surface area contributed by atoms with Gasteiger partial charge in [0.2, 0.25) is 11.9 Å². The van der Waals surface area contributed by atoms with Crippen molar-refractivity contribution < 1.29 is 29.0 Å². The summed E-state index contributed by atoms with van der Waals surface area (Å²) in [6.45, 7) is 5.54. The number of aromatic nitrogens is 4. The van der Waals surface area contributed by atoms with Gasteiger partial charge < -0.3 is 36.8 Å². The van der Waals surface area contributed by atoms with Gasteiger partial charge in [0.15, 0.2) is 17.0 Å². The van der Waals surface area contributed by atoms with Crippen LogP contribution in [-0.4, -0.2) is 73.5 Å². The zero-order valence-electron chi connectivity index (χ0n) is 30.5. The minimum absolute atomic E-state index is 0.00802. The number of nitrogens with zero attached hydrogens (tertiary/aromatic N) is 5. The Kier molecular flexibility index (Phi) is 12.1. The highest BCUT2D eigenvalue weighted by Gasteiger charge is 2.30. The molecule has 2 aromatic carbocycles. The molecule has 0 bridgehead atoms. The molecule has 2 aromatic heterocycles. The second-order valence-electron chi connectivity index (χ2n) is 14.3. The number of carboxylic acids is 1. The summed E-state index contributed by atoms with van der Waals surface area (Å²) in [7, 11) is 1.84. The van der Waals surface area contributed by atoms with Crippen LogP contribution >= 0.6 is 0 Å². The number of carboxylic acid groups (broad SMARTS) is 1. The zero-order chi connectivity index (χ0) is 38.3. The molecule has 5 rings (SSSR count). The first-order valence-corrected chi connectivity index (χ1v) is 17.7. The number of esters is 1. The first-order chi connectivity index (χ1) is 25.2. The molecule has 0 radical (unpaired) electrons. The van der Waals surface area contributed by atoms with Crippen LogP contribution in [0.1, 0.15) is 92.4 Å². The third-order valence-corrected chi connectivity index (χ3v) is 9.04. The van der Waals surface area contributed by atoms with E-state index in [0.717, 1.165) is 42.5 Å². The van der Waals surface area contributed by atoms with Gasteiger partial charge in [-0.25, -0.2) is 14.8 Å². The minimum atomic E-state index is -1.25. The lowest BCUT2D eigenvalue weighted by molar-refractivity contribution is -0.155. The van der Waals surface area contributed by atoms with Crippen LogP contribution in [0.4, 0.5) is 17.5 Å². The fraction of sp³-hybridized carbons (Fsp3) is 0.421. The van der Waals surface area contributed by atoms with Crippen LogP contribution in [0.2, 0.25) is 0 Å². The number of anilines is 3. The van der Waals surface area contributed by atoms with Gasteiger partial charge in [-0.2, -0.15) is 9.97 Å². The Morgan fingerprint density at radius 3 is 2.34 bits per heavy atom. The van der Waals surface area contributed by atoms with E-state index in [4.69, 9.17) is 16.2 Å². The molecule has 280 valence electrons. The highest BCUT2D eigenvalue weighted by Crippen LogP contribution is 2.36. The maximum Gasteiger partial charge on any atom is 0.326 e. The lowest BCUT2D eigenvalue weighted by atomic mass is 9.90. The van der Waals surface area contributed by atoms with Gasteiger partial charge in [0.05, 0.1) is 18.4 Å². The van der Waals surface area contributed by atoms with Crippen LogP contribution in [0.3, 0.4) is 0 Å². The summed E-state index contributed by atoms with van der Waals surface area (Å²) in [6, 6.07) is 11.9. The molecule has 2 atom stereocenters. The van der Waals surface area contributed by atoms with E-state index in [-0.39, 0.29) is 42.2 Å². The van der Waals surface area contributed by atoms with Crippen molar-refractivity contribution in [2.45, 2.75) is 95.9 Å². The van der Waals surface area contributed by atoms with E-state index < -0.39 is 41.4 Å². The molecule has 53 heavy (non-hydrogen) atoms. The summed E-state index contributed by atoms with van der Waals surface area (Å²) in [6.07, 6.45) is 5.70. The Morgan fingerprint density at radius 1 is 0.962 bits per heavy atom. The third kappa shape index (κ3) is 10.4. The summed E-state index contributed by atoms with van der Waals surface area (Å²) < 4.78 is 5.42. The van der Waals surface area contributed by atoms with Crippen LogP contribution in [0, 0.1) is 0 Å². The van der Waals surface area contributed by atoms with E-state index in [2.05, 4.69) is 30.6 Å². The number of fused-ring (bicyclic) bond motifs is 1. The van der Waals surface area contributed by atoms with Crippen LogP contribution < -0.4 is 27.0 Å². The SMILES string of the molecule is CN(Cc1cnc2nc(N)nc(N)c2n1)c1ccc(C(=O)N[C@@H](CCC(=O)OC(C)(C)C)C(=O)N[C@@H](Cc2ccccc2C2CCCC2)C(=O)O)cc1. The molecule has 4 aromatic rings. The number of nitrogens with two attached hydrogens (primary N) is 2. The molecule has 0 spiro atoms. The first kappa shape index (κ1) is 38.4. The molecule has 1 saturated carbocycles. The molecule has 2 amide bonds. The largest absolute Gasteiger partial charge is 0.480 e. The fourth-order valence-electron chi connectivity index (χ4n) is 6.47. The number of carbonyl (C=O) groups excluding carboxylic acids is 3. The average Bonchev–Trinajstić information content (AvgIpc) is 3.64. The Balaban J connectivity index is 1.28. The van der Waals surface area contributed by atoms with Crippen LogP contribution in [0.15, 0.2) is 54.7 Å². The van der Waals surface area contributed by atoms with Crippen LogP contribution in [0.5, 0.6) is 0 Å². The van der Waals surface area contributed by atoms with Gasteiger partial charge in [-0.15, -0.1) is 0 Å². The average molecular weight is 726 g/mol. The molecular weight excluding hydrogens is 678 g/mol. The Hall–Kier alpha value is -5.86. The standard InChI is InChI=1S/C38H47N9O6/c1-38(2,3)53-30(48)18-17-28(35(50)44-29(36(51)52)19-24-11-7-8-12-27(24)22-9-5-6-10-22)43-34(49)23-13-15-26(16-14-23)47(4)21-25-20-41-33-31(42-25)32(39)45-37(40)46-33/h7-8,11-16,20,22,28-29H,5-6,9-10,17-19,21H2,1-4H3,(H,43,49)(H,44,50)(H,51,52)(H4,39,40,41,45,46)/t28-,29-/m0/s1. The molecular formula is C38H47N9O6. The first-order valence-electron chi connectivity index (χ1n) is 17.7. The number of nitrogens with one attached hydrogen (secondary N) is 2. The summed E-state index contributed by atoms with van der Waals surface area (Å²) in [5, 5.41) is 15.5. The summed E-state index contributed by atoms with van der Waals surface area (Å²) >= 11 is 0. The second-order valence-corrected chi connectivity index (χ2v) is 14.3. The number of ether oxygens (including phenoxy) is 1. The van der Waals surface area contributed by atoms with Crippen molar-refractivity contribution >= 4 is 52.4 Å². The van der Waals surface area contributed by atoms with Crippen molar-refractivity contribution in [2.75, 3.05) is 23.4 Å². The number of hydrogen-bond acceptors (Lipinski definition) is 12. The van der Waals surface area contributed by atoms with Gasteiger partial charge in [0, 0.05) is 31.1 Å². The molecule has 0 aliphatic heterocycles. The van der Waals surface area contributed by atoms with E-state index in [1.54, 1.807) is 51.2 Å². The smallest absolute Gasteiger partial charge is 0.326 e. The van der Waals surface area contributed by atoms with E-state index in [1.807, 2.05) is 36.2 Å². The zero-order valence-corrected chi connectivity index (χ0v) is 30.5. The van der Waals surface area contributed by atoms with Gasteiger partial charge in [-0.05, 0) is 81.3 Å². The lowest BCUT2D eigenvalue weighted by Gasteiger charge is -2.24. The van der Waals surface area contributed by atoms with Crippen molar-refractivity contribution in [3.8, 4) is 0 Å².